The van der Waals surface area contributed by atoms with E-state index in [1.54, 1.807) is 17.5 Å². The molecule has 5 heterocycles. The zero-order valence-electron chi connectivity index (χ0n) is 11.2. The first-order valence-electron chi connectivity index (χ1n) is 7.17. The van der Waals surface area contributed by atoms with Gasteiger partial charge in [-0.15, -0.1) is 11.3 Å². The van der Waals surface area contributed by atoms with Crippen LogP contribution in [0.25, 0.3) is 10.2 Å². The van der Waals surface area contributed by atoms with Gasteiger partial charge in [-0.25, -0.2) is 0 Å². The van der Waals surface area contributed by atoms with E-state index in [-0.39, 0.29) is 5.91 Å². The molecule has 0 radical (unpaired) electrons. The maximum atomic E-state index is 12.6. The van der Waals surface area contributed by atoms with Gasteiger partial charge in [0.25, 0.3) is 5.91 Å². The average molecular weight is 287 g/mol. The molecule has 3 fully saturated rings. The summed E-state index contributed by atoms with van der Waals surface area (Å²) in [6, 6.07) is 4.11. The van der Waals surface area contributed by atoms with Crippen molar-refractivity contribution < 1.29 is 4.79 Å². The lowest BCUT2D eigenvalue weighted by molar-refractivity contribution is 0.0621. The van der Waals surface area contributed by atoms with Gasteiger partial charge in [0, 0.05) is 18.8 Å². The van der Waals surface area contributed by atoms with Crippen LogP contribution < -0.4 is 5.32 Å². The normalized spacial score (nSPS) is 28.7. The zero-order valence-corrected chi connectivity index (χ0v) is 12.0. The minimum atomic E-state index is 0.0543. The minimum Gasteiger partial charge on any atom is -0.348 e. The molecule has 20 heavy (non-hydrogen) atoms. The molecule has 4 nitrogen and oxygen atoms in total. The van der Waals surface area contributed by atoms with Gasteiger partial charge in [-0.2, -0.15) is 0 Å². The fourth-order valence-corrected chi connectivity index (χ4v) is 4.29. The van der Waals surface area contributed by atoms with Crippen molar-refractivity contribution in [2.75, 3.05) is 19.6 Å². The Balaban J connectivity index is 1.57. The molecule has 2 bridgehead atoms. The van der Waals surface area contributed by atoms with E-state index in [1.165, 1.54) is 25.9 Å². The summed E-state index contributed by atoms with van der Waals surface area (Å²) in [7, 11) is 0. The molecule has 104 valence electrons. The largest absolute Gasteiger partial charge is 0.348 e. The number of hydrogen-bond donors (Lipinski definition) is 1. The van der Waals surface area contributed by atoms with Gasteiger partial charge in [-0.3, -0.25) is 9.78 Å². The Hall–Kier alpha value is -1.46. The molecule has 1 atom stereocenters. The molecule has 3 saturated heterocycles. The van der Waals surface area contributed by atoms with Crippen molar-refractivity contribution >= 4 is 27.5 Å². The van der Waals surface area contributed by atoms with Crippen molar-refractivity contribution in [1.82, 2.24) is 15.2 Å². The fourth-order valence-electron chi connectivity index (χ4n) is 3.43. The van der Waals surface area contributed by atoms with Crippen LogP contribution in [0.2, 0.25) is 0 Å². The predicted octanol–water partition coefficient (Wildman–Crippen LogP) is 2.12. The lowest BCUT2D eigenvalue weighted by atomic mass is 9.84. The minimum absolute atomic E-state index is 0.0543. The summed E-state index contributed by atoms with van der Waals surface area (Å²) in [5.74, 6) is 0.711. The number of piperidine rings is 3. The smallest absolute Gasteiger partial charge is 0.253 e. The highest BCUT2D eigenvalue weighted by atomic mass is 32.1. The molecule has 2 aromatic heterocycles. The van der Waals surface area contributed by atoms with Crippen LogP contribution in [0.4, 0.5) is 0 Å². The summed E-state index contributed by atoms with van der Waals surface area (Å²) in [6.45, 7) is 3.40. The number of thiophene rings is 1. The van der Waals surface area contributed by atoms with Crippen LogP contribution in [0.15, 0.2) is 23.7 Å². The van der Waals surface area contributed by atoms with Crippen LogP contribution in [0.5, 0.6) is 0 Å². The first-order chi connectivity index (χ1) is 9.81. The van der Waals surface area contributed by atoms with Crippen molar-refractivity contribution in [2.45, 2.75) is 18.9 Å². The third-order valence-corrected chi connectivity index (χ3v) is 5.50. The number of pyridine rings is 1. The Morgan fingerprint density at radius 1 is 1.35 bits per heavy atom. The summed E-state index contributed by atoms with van der Waals surface area (Å²) < 4.78 is 0.992. The van der Waals surface area contributed by atoms with Gasteiger partial charge in [-0.05, 0) is 49.4 Å². The molecular formula is C15H17N3OS. The Labute approximate surface area is 121 Å². The van der Waals surface area contributed by atoms with Gasteiger partial charge < -0.3 is 10.2 Å². The highest BCUT2D eigenvalue weighted by Crippen LogP contribution is 2.28. The standard InChI is InChI=1S/C15H17N3OS/c19-15(11-1-5-16-12-4-8-20-14(11)12)17-13-9-18-6-2-10(13)3-7-18/h1,4-5,8,10,13H,2-3,6-7,9H2,(H,17,19)/t13-/m0/s1. The van der Waals surface area contributed by atoms with Gasteiger partial charge in [-0.1, -0.05) is 0 Å². The SMILES string of the molecule is O=C(N[C@H]1CN2CCC1CC2)c1ccnc2ccsc12. The summed E-state index contributed by atoms with van der Waals surface area (Å²) in [6.07, 6.45) is 4.16. The van der Waals surface area contributed by atoms with Crippen LogP contribution in [-0.2, 0) is 0 Å². The van der Waals surface area contributed by atoms with E-state index in [9.17, 15) is 4.79 Å². The summed E-state index contributed by atoms with van der Waals surface area (Å²) >= 11 is 1.59. The number of carbonyl (C=O) groups excluding carboxylic acids is 1. The molecule has 0 aromatic carbocycles. The number of amides is 1. The van der Waals surface area contributed by atoms with Crippen LogP contribution in [-0.4, -0.2) is 41.5 Å². The molecule has 0 spiro atoms. The lowest BCUT2D eigenvalue weighted by Crippen LogP contribution is -2.57. The van der Waals surface area contributed by atoms with E-state index in [2.05, 4.69) is 15.2 Å². The van der Waals surface area contributed by atoms with E-state index >= 15 is 0 Å². The van der Waals surface area contributed by atoms with Gasteiger partial charge >= 0.3 is 0 Å². The predicted molar refractivity (Wildman–Crippen MR) is 80.0 cm³/mol. The number of hydrogen-bond acceptors (Lipinski definition) is 4. The van der Waals surface area contributed by atoms with E-state index in [1.807, 2.05) is 17.5 Å². The van der Waals surface area contributed by atoms with Crippen LogP contribution >= 0.6 is 11.3 Å². The van der Waals surface area contributed by atoms with Crippen LogP contribution in [0, 0.1) is 5.92 Å². The van der Waals surface area contributed by atoms with Gasteiger partial charge in [0.05, 0.1) is 15.8 Å². The van der Waals surface area contributed by atoms with Gasteiger partial charge in [0.1, 0.15) is 0 Å². The second-order valence-electron chi connectivity index (χ2n) is 5.71. The van der Waals surface area contributed by atoms with Gasteiger partial charge in [0.15, 0.2) is 0 Å². The molecule has 1 N–H and O–H groups in total. The highest BCUT2D eigenvalue weighted by Gasteiger charge is 2.35. The molecule has 1 amide bonds. The second kappa shape index (κ2) is 4.82. The van der Waals surface area contributed by atoms with Crippen molar-refractivity contribution in [2.24, 2.45) is 5.92 Å². The third kappa shape index (κ3) is 2.01. The zero-order chi connectivity index (χ0) is 13.5. The molecular weight excluding hydrogens is 270 g/mol. The van der Waals surface area contributed by atoms with E-state index < -0.39 is 0 Å². The Kier molecular flexibility index (Phi) is 2.97. The number of carbonyl (C=O) groups is 1. The summed E-state index contributed by atoms with van der Waals surface area (Å²) in [4.78, 5) is 19.3. The maximum absolute atomic E-state index is 12.6. The summed E-state index contributed by atoms with van der Waals surface area (Å²) in [5, 5.41) is 5.24. The van der Waals surface area contributed by atoms with E-state index in [0.29, 0.717) is 12.0 Å². The Bertz CT molecular complexity index is 645. The number of rotatable bonds is 2. The van der Waals surface area contributed by atoms with Crippen molar-refractivity contribution in [3.05, 3.63) is 29.3 Å². The molecule has 3 aliphatic heterocycles. The quantitative estimate of drug-likeness (QED) is 0.920. The molecule has 0 aliphatic carbocycles. The molecule has 3 aliphatic rings. The highest BCUT2D eigenvalue weighted by molar-refractivity contribution is 7.17. The average Bonchev–Trinajstić information content (AvgIpc) is 2.96. The first kappa shape index (κ1) is 12.3. The topological polar surface area (TPSA) is 45.2 Å². The number of nitrogens with one attached hydrogen (secondary N) is 1. The van der Waals surface area contributed by atoms with Crippen LogP contribution in [0.1, 0.15) is 23.2 Å². The van der Waals surface area contributed by atoms with E-state index in [4.69, 9.17) is 0 Å². The Morgan fingerprint density at radius 2 is 2.20 bits per heavy atom. The Morgan fingerprint density at radius 3 is 2.95 bits per heavy atom. The van der Waals surface area contributed by atoms with Crippen molar-refractivity contribution in [1.29, 1.82) is 0 Å². The van der Waals surface area contributed by atoms with Crippen LogP contribution in [0.3, 0.4) is 0 Å². The fraction of sp³-hybridized carbons (Fsp3) is 0.467. The number of nitrogens with zero attached hydrogens (tertiary/aromatic N) is 2. The molecule has 0 unspecified atom stereocenters. The number of fused-ring (bicyclic) bond motifs is 4. The monoisotopic (exact) mass is 287 g/mol. The molecule has 0 saturated carbocycles. The maximum Gasteiger partial charge on any atom is 0.253 e. The van der Waals surface area contributed by atoms with Crippen molar-refractivity contribution in [3.63, 3.8) is 0 Å². The third-order valence-electron chi connectivity index (χ3n) is 4.56. The second-order valence-corrected chi connectivity index (χ2v) is 6.63. The molecule has 5 heteroatoms. The lowest BCUT2D eigenvalue weighted by Gasteiger charge is -2.44. The summed E-state index contributed by atoms with van der Waals surface area (Å²) in [5.41, 5.74) is 1.68. The number of aromatic nitrogens is 1. The van der Waals surface area contributed by atoms with Crippen molar-refractivity contribution in [3.8, 4) is 0 Å². The first-order valence-corrected chi connectivity index (χ1v) is 8.04. The van der Waals surface area contributed by atoms with Gasteiger partial charge in [0.2, 0.25) is 0 Å². The molecule has 2 aromatic rings. The molecule has 5 rings (SSSR count). The van der Waals surface area contributed by atoms with E-state index in [0.717, 1.165) is 22.3 Å².